The number of allylic oxidation sites excluding steroid dienone is 1. The zero-order valence-electron chi connectivity index (χ0n) is 23.0. The fraction of sp³-hybridized carbons (Fsp3) is 0.500. The van der Waals surface area contributed by atoms with Crippen molar-refractivity contribution >= 4 is 34.8 Å². The van der Waals surface area contributed by atoms with E-state index in [-0.39, 0.29) is 30.8 Å². The topological polar surface area (TPSA) is 107 Å². The van der Waals surface area contributed by atoms with Gasteiger partial charge in [0.25, 0.3) is 0 Å². The molecule has 0 spiro atoms. The van der Waals surface area contributed by atoms with Crippen molar-refractivity contribution in [3.63, 3.8) is 0 Å². The molecule has 3 aliphatic rings. The molecule has 1 atom stereocenters. The third-order valence-electron chi connectivity index (χ3n) is 7.03. The summed E-state index contributed by atoms with van der Waals surface area (Å²) in [6.45, 7) is 6.88. The largest absolute Gasteiger partial charge is 0.497 e. The van der Waals surface area contributed by atoms with Crippen LogP contribution in [0, 0.1) is 5.92 Å². The van der Waals surface area contributed by atoms with E-state index >= 15 is 0 Å². The fourth-order valence-electron chi connectivity index (χ4n) is 5.08. The van der Waals surface area contributed by atoms with Crippen LogP contribution in [-0.4, -0.2) is 73.3 Å². The Morgan fingerprint density at radius 2 is 1.77 bits per heavy atom. The highest BCUT2D eigenvalue weighted by molar-refractivity contribution is 8.16. The highest BCUT2D eigenvalue weighted by Crippen LogP contribution is 2.47. The molecule has 39 heavy (non-hydrogen) atoms. The molecule has 1 saturated heterocycles. The van der Waals surface area contributed by atoms with Crippen molar-refractivity contribution in [2.24, 2.45) is 10.9 Å². The van der Waals surface area contributed by atoms with Gasteiger partial charge in [0, 0.05) is 24.4 Å². The molecule has 1 aromatic rings. The van der Waals surface area contributed by atoms with Gasteiger partial charge in [0.1, 0.15) is 11.5 Å². The SMILES string of the molecule is CCOC(=O)C1=C(C)N=C2SC=C(CC(=O)N3CCC(C(=O)OCC)CC3)N2C1c1cc(OC)ccc1OC. The van der Waals surface area contributed by atoms with Crippen LogP contribution in [0.3, 0.4) is 0 Å². The zero-order valence-corrected chi connectivity index (χ0v) is 23.8. The number of nitrogens with zero attached hydrogens (tertiary/aromatic N) is 3. The molecule has 3 aliphatic heterocycles. The van der Waals surface area contributed by atoms with Crippen molar-refractivity contribution in [3.05, 3.63) is 46.1 Å². The Hall–Kier alpha value is -3.47. The van der Waals surface area contributed by atoms with E-state index in [0.717, 1.165) is 5.70 Å². The van der Waals surface area contributed by atoms with Crippen LogP contribution in [-0.2, 0) is 23.9 Å². The Labute approximate surface area is 233 Å². The maximum absolute atomic E-state index is 13.4. The number of ether oxygens (including phenoxy) is 4. The summed E-state index contributed by atoms with van der Waals surface area (Å²) in [4.78, 5) is 47.2. The molecule has 1 fully saturated rings. The van der Waals surface area contributed by atoms with Gasteiger partial charge < -0.3 is 28.7 Å². The molecule has 1 aromatic carbocycles. The quantitative estimate of drug-likeness (QED) is 0.416. The number of rotatable bonds is 9. The van der Waals surface area contributed by atoms with Gasteiger partial charge in [-0.1, -0.05) is 11.8 Å². The minimum Gasteiger partial charge on any atom is -0.497 e. The van der Waals surface area contributed by atoms with Crippen molar-refractivity contribution in [2.75, 3.05) is 40.5 Å². The Balaban J connectivity index is 1.63. The first-order valence-electron chi connectivity index (χ1n) is 13.1. The van der Waals surface area contributed by atoms with Gasteiger partial charge in [-0.3, -0.25) is 9.59 Å². The normalized spacial score (nSPS) is 19.3. The van der Waals surface area contributed by atoms with E-state index in [0.29, 0.717) is 66.0 Å². The van der Waals surface area contributed by atoms with Gasteiger partial charge in [-0.15, -0.1) is 0 Å². The second-order valence-electron chi connectivity index (χ2n) is 9.31. The maximum Gasteiger partial charge on any atom is 0.338 e. The third kappa shape index (κ3) is 5.93. The maximum atomic E-state index is 13.4. The monoisotopic (exact) mass is 557 g/mol. The number of hydrogen-bond donors (Lipinski definition) is 0. The molecule has 210 valence electrons. The molecule has 0 radical (unpaired) electrons. The van der Waals surface area contributed by atoms with Crippen LogP contribution in [0.2, 0.25) is 0 Å². The average Bonchev–Trinajstić information content (AvgIpc) is 3.33. The number of piperidine rings is 1. The Kier molecular flexibility index (Phi) is 9.21. The van der Waals surface area contributed by atoms with Crippen LogP contribution in [0.4, 0.5) is 0 Å². The molecule has 0 bridgehead atoms. The first-order valence-corrected chi connectivity index (χ1v) is 14.0. The van der Waals surface area contributed by atoms with E-state index < -0.39 is 12.0 Å². The van der Waals surface area contributed by atoms with Gasteiger partial charge in [-0.2, -0.15) is 0 Å². The number of fused-ring (bicyclic) bond motifs is 1. The van der Waals surface area contributed by atoms with Gasteiger partial charge in [0.05, 0.1) is 57.1 Å². The number of aliphatic imine (C=N–C) groups is 1. The molecule has 3 heterocycles. The van der Waals surface area contributed by atoms with E-state index in [1.165, 1.54) is 11.8 Å². The molecule has 0 aromatic heterocycles. The summed E-state index contributed by atoms with van der Waals surface area (Å²) in [6, 6.07) is 4.79. The lowest BCUT2D eigenvalue weighted by molar-refractivity contribution is -0.151. The zero-order chi connectivity index (χ0) is 28.1. The van der Waals surface area contributed by atoms with E-state index in [2.05, 4.69) is 0 Å². The predicted molar refractivity (Wildman–Crippen MR) is 147 cm³/mol. The minimum absolute atomic E-state index is 0.0503. The second-order valence-corrected chi connectivity index (χ2v) is 10.1. The highest BCUT2D eigenvalue weighted by atomic mass is 32.2. The smallest absolute Gasteiger partial charge is 0.338 e. The van der Waals surface area contributed by atoms with Crippen LogP contribution in [0.5, 0.6) is 11.5 Å². The van der Waals surface area contributed by atoms with Gasteiger partial charge in [-0.05, 0) is 57.2 Å². The summed E-state index contributed by atoms with van der Waals surface area (Å²) in [6.07, 6.45) is 1.27. The predicted octanol–water partition coefficient (Wildman–Crippen LogP) is 4.03. The fourth-order valence-corrected chi connectivity index (χ4v) is 6.04. The highest BCUT2D eigenvalue weighted by Gasteiger charge is 2.43. The number of carbonyl (C=O) groups is 3. The number of benzene rings is 1. The van der Waals surface area contributed by atoms with Crippen molar-refractivity contribution in [1.82, 2.24) is 9.80 Å². The number of thioether (sulfide) groups is 1. The van der Waals surface area contributed by atoms with E-state index in [4.69, 9.17) is 23.9 Å². The third-order valence-corrected chi connectivity index (χ3v) is 7.92. The first kappa shape index (κ1) is 28.5. The lowest BCUT2D eigenvalue weighted by Gasteiger charge is -2.37. The van der Waals surface area contributed by atoms with E-state index in [9.17, 15) is 14.4 Å². The minimum atomic E-state index is -0.634. The molecular weight excluding hydrogens is 522 g/mol. The van der Waals surface area contributed by atoms with Crippen LogP contribution in [0.25, 0.3) is 0 Å². The molecule has 1 amide bonds. The number of likely N-dealkylation sites (tertiary alicyclic amines) is 1. The van der Waals surface area contributed by atoms with Crippen LogP contribution < -0.4 is 9.47 Å². The Morgan fingerprint density at radius 3 is 2.41 bits per heavy atom. The molecule has 11 heteroatoms. The number of esters is 2. The Morgan fingerprint density at radius 1 is 1.05 bits per heavy atom. The second kappa shape index (κ2) is 12.6. The molecule has 4 rings (SSSR count). The summed E-state index contributed by atoms with van der Waals surface area (Å²) in [5, 5.41) is 2.57. The molecule has 0 aliphatic carbocycles. The number of hydrogen-bond acceptors (Lipinski definition) is 10. The molecule has 0 saturated carbocycles. The van der Waals surface area contributed by atoms with Crippen LogP contribution in [0.1, 0.15) is 51.6 Å². The summed E-state index contributed by atoms with van der Waals surface area (Å²) >= 11 is 1.41. The summed E-state index contributed by atoms with van der Waals surface area (Å²) in [5.74, 6) is 0.273. The standard InChI is InChI=1S/C28H35N3O7S/c1-6-37-26(33)18-10-12-30(13-11-18)23(32)14-19-16-39-28-29-17(3)24(27(34)38-7-2)25(31(19)28)21-15-20(35-4)8-9-22(21)36-5/h8-9,15-16,18,25H,6-7,10-14H2,1-5H3. The number of amides is 1. The molecule has 0 N–H and O–H groups in total. The summed E-state index contributed by atoms with van der Waals surface area (Å²) in [7, 11) is 3.15. The van der Waals surface area contributed by atoms with Gasteiger partial charge in [-0.25, -0.2) is 9.79 Å². The van der Waals surface area contributed by atoms with Crippen molar-refractivity contribution < 1.29 is 33.3 Å². The number of carbonyl (C=O) groups excluding carboxylic acids is 3. The molecule has 1 unspecified atom stereocenters. The van der Waals surface area contributed by atoms with Crippen molar-refractivity contribution in [3.8, 4) is 11.5 Å². The van der Waals surface area contributed by atoms with Gasteiger partial charge in [0.2, 0.25) is 5.91 Å². The van der Waals surface area contributed by atoms with Crippen molar-refractivity contribution in [1.29, 1.82) is 0 Å². The number of amidine groups is 1. The lowest BCUT2D eigenvalue weighted by Crippen LogP contribution is -2.42. The van der Waals surface area contributed by atoms with Gasteiger partial charge >= 0.3 is 11.9 Å². The van der Waals surface area contributed by atoms with Crippen molar-refractivity contribution in [2.45, 2.75) is 46.1 Å². The molecular formula is C28H35N3O7S. The van der Waals surface area contributed by atoms with E-state index in [1.807, 2.05) is 16.4 Å². The summed E-state index contributed by atoms with van der Waals surface area (Å²) < 4.78 is 21.8. The van der Waals surface area contributed by atoms with Crippen LogP contribution in [0.15, 0.2) is 45.6 Å². The first-order chi connectivity index (χ1) is 18.8. The van der Waals surface area contributed by atoms with Crippen LogP contribution >= 0.6 is 11.8 Å². The van der Waals surface area contributed by atoms with E-state index in [1.54, 1.807) is 52.0 Å². The summed E-state index contributed by atoms with van der Waals surface area (Å²) in [5.41, 5.74) is 2.34. The Bertz CT molecular complexity index is 1220. The molecule has 10 nitrogen and oxygen atoms in total. The lowest BCUT2D eigenvalue weighted by atomic mass is 9.92. The van der Waals surface area contributed by atoms with Gasteiger partial charge in [0.15, 0.2) is 5.17 Å². The number of methoxy groups -OCH3 is 2. The average molecular weight is 558 g/mol.